The Morgan fingerprint density at radius 3 is 2.29 bits per heavy atom. The molecule has 1 aliphatic rings. The van der Waals surface area contributed by atoms with Gasteiger partial charge in [-0.15, -0.1) is 0 Å². The third-order valence-corrected chi connectivity index (χ3v) is 5.32. The molecule has 2 aromatic rings. The van der Waals surface area contributed by atoms with E-state index in [1.165, 1.54) is 4.31 Å². The molecular weight excluding hydrogens is 328 g/mol. The Bertz CT molecular complexity index is 837. The fraction of sp³-hybridized carbons (Fsp3) is 0.294. The lowest BCUT2D eigenvalue weighted by atomic mass is 9.89. The summed E-state index contributed by atoms with van der Waals surface area (Å²) >= 11 is 0. The predicted octanol–water partition coefficient (Wildman–Crippen LogP) is 1.85. The molecule has 0 saturated carbocycles. The molecule has 0 unspecified atom stereocenters. The van der Waals surface area contributed by atoms with Gasteiger partial charge in [-0.1, -0.05) is 30.3 Å². The minimum atomic E-state index is -3.84. The second-order valence-electron chi connectivity index (χ2n) is 5.62. The Balaban J connectivity index is 2.21. The van der Waals surface area contributed by atoms with Crippen LogP contribution >= 0.6 is 0 Å². The van der Waals surface area contributed by atoms with E-state index >= 15 is 0 Å². The highest BCUT2D eigenvalue weighted by Gasteiger charge is 2.35. The Kier molecular flexibility index (Phi) is 4.49. The first-order chi connectivity index (χ1) is 11.5. The number of nitrogens with zero attached hydrogens (tertiary/aromatic N) is 1. The van der Waals surface area contributed by atoms with Crippen LogP contribution in [-0.2, 0) is 16.6 Å². The van der Waals surface area contributed by atoms with Crippen LogP contribution in [-0.4, -0.2) is 33.5 Å². The number of ether oxygens (including phenoxy) is 2. The van der Waals surface area contributed by atoms with E-state index in [9.17, 15) is 8.42 Å². The number of benzene rings is 2. The van der Waals surface area contributed by atoms with Gasteiger partial charge in [-0.25, -0.2) is 5.14 Å². The van der Waals surface area contributed by atoms with E-state index in [1.54, 1.807) is 14.2 Å². The van der Waals surface area contributed by atoms with Crippen molar-refractivity contribution in [3.63, 3.8) is 0 Å². The van der Waals surface area contributed by atoms with Crippen LogP contribution < -0.4 is 14.6 Å². The van der Waals surface area contributed by atoms with Crippen molar-refractivity contribution in [1.82, 2.24) is 4.31 Å². The van der Waals surface area contributed by atoms with Crippen LogP contribution in [0.15, 0.2) is 42.5 Å². The largest absolute Gasteiger partial charge is 0.493 e. The zero-order valence-corrected chi connectivity index (χ0v) is 14.4. The van der Waals surface area contributed by atoms with Gasteiger partial charge in [0.05, 0.1) is 20.3 Å². The van der Waals surface area contributed by atoms with Crippen LogP contribution in [0.5, 0.6) is 11.5 Å². The number of nitrogens with two attached hydrogens (primary N) is 1. The van der Waals surface area contributed by atoms with Gasteiger partial charge in [-0.3, -0.25) is 0 Å². The van der Waals surface area contributed by atoms with Crippen LogP contribution in [0.25, 0.3) is 0 Å². The molecule has 6 nitrogen and oxygen atoms in total. The van der Waals surface area contributed by atoms with Gasteiger partial charge in [0.2, 0.25) is 0 Å². The van der Waals surface area contributed by atoms with Gasteiger partial charge in [0.1, 0.15) is 0 Å². The van der Waals surface area contributed by atoms with Crippen molar-refractivity contribution in [3.8, 4) is 11.5 Å². The lowest BCUT2D eigenvalue weighted by Gasteiger charge is -2.36. The Morgan fingerprint density at radius 1 is 1.08 bits per heavy atom. The fourth-order valence-corrected chi connectivity index (χ4v) is 4.05. The maximum atomic E-state index is 12.1. The molecule has 2 aromatic carbocycles. The van der Waals surface area contributed by atoms with E-state index in [0.29, 0.717) is 24.5 Å². The molecule has 24 heavy (non-hydrogen) atoms. The van der Waals surface area contributed by atoms with Crippen molar-refractivity contribution < 1.29 is 17.9 Å². The summed E-state index contributed by atoms with van der Waals surface area (Å²) < 4.78 is 36.3. The van der Waals surface area contributed by atoms with Crippen molar-refractivity contribution in [3.05, 3.63) is 59.2 Å². The highest BCUT2D eigenvalue weighted by Crippen LogP contribution is 2.41. The normalized spacial score (nSPS) is 18.0. The first-order valence-corrected chi connectivity index (χ1v) is 9.05. The number of hydrogen-bond donors (Lipinski definition) is 1. The summed E-state index contributed by atoms with van der Waals surface area (Å²) in [4.78, 5) is 0. The molecule has 1 heterocycles. The summed E-state index contributed by atoms with van der Waals surface area (Å²) in [7, 11) is -0.701. The van der Waals surface area contributed by atoms with Gasteiger partial charge in [0.25, 0.3) is 10.2 Å². The molecule has 0 radical (unpaired) electrons. The molecule has 7 heteroatoms. The molecule has 128 valence electrons. The fourth-order valence-electron chi connectivity index (χ4n) is 3.18. The number of hydrogen-bond acceptors (Lipinski definition) is 4. The molecule has 0 spiro atoms. The van der Waals surface area contributed by atoms with Gasteiger partial charge in [0.15, 0.2) is 11.5 Å². The molecule has 0 bridgehead atoms. The molecule has 3 rings (SSSR count). The summed E-state index contributed by atoms with van der Waals surface area (Å²) in [5, 5.41) is 5.46. The Labute approximate surface area is 142 Å². The summed E-state index contributed by atoms with van der Waals surface area (Å²) in [6, 6.07) is 12.7. The van der Waals surface area contributed by atoms with E-state index < -0.39 is 16.3 Å². The van der Waals surface area contributed by atoms with Gasteiger partial charge >= 0.3 is 0 Å². The average molecular weight is 348 g/mol. The van der Waals surface area contributed by atoms with E-state index in [-0.39, 0.29) is 0 Å². The third-order valence-electron chi connectivity index (χ3n) is 4.27. The Hall–Kier alpha value is -2.09. The lowest BCUT2D eigenvalue weighted by molar-refractivity contribution is 0.332. The van der Waals surface area contributed by atoms with Crippen molar-refractivity contribution in [1.29, 1.82) is 0 Å². The summed E-state index contributed by atoms with van der Waals surface area (Å²) in [6.07, 6.45) is 0.565. The van der Waals surface area contributed by atoms with Crippen molar-refractivity contribution in [2.24, 2.45) is 5.14 Å². The second-order valence-corrected chi connectivity index (χ2v) is 7.12. The van der Waals surface area contributed by atoms with Crippen LogP contribution in [0.1, 0.15) is 22.7 Å². The number of methoxy groups -OCH3 is 2. The topological polar surface area (TPSA) is 81.9 Å². The van der Waals surface area contributed by atoms with Crippen molar-refractivity contribution in [2.45, 2.75) is 12.5 Å². The summed E-state index contributed by atoms with van der Waals surface area (Å²) in [5.41, 5.74) is 2.75. The van der Waals surface area contributed by atoms with E-state index in [0.717, 1.165) is 16.7 Å². The third kappa shape index (κ3) is 2.98. The van der Waals surface area contributed by atoms with Gasteiger partial charge < -0.3 is 9.47 Å². The molecule has 0 aliphatic carbocycles. The molecular formula is C17H20N2O4S. The zero-order chi connectivity index (χ0) is 17.3. The summed E-state index contributed by atoms with van der Waals surface area (Å²) in [6.45, 7) is 0.320. The minimum Gasteiger partial charge on any atom is -0.493 e. The number of fused-ring (bicyclic) bond motifs is 1. The van der Waals surface area contributed by atoms with E-state index in [1.807, 2.05) is 42.5 Å². The average Bonchev–Trinajstić information content (AvgIpc) is 2.59. The molecule has 0 amide bonds. The lowest BCUT2D eigenvalue weighted by Crippen LogP contribution is -2.44. The standard InChI is InChI=1S/C17H20N2O4S/c1-22-15-10-13-8-9-19(24(18,20)21)17(12-6-4-3-5-7-12)14(13)11-16(15)23-2/h3-7,10-11,17H,8-9H2,1-2H3,(H2,18,20,21)/t17-/m1/s1. The Morgan fingerprint density at radius 2 is 1.71 bits per heavy atom. The van der Waals surface area contributed by atoms with Gasteiger partial charge in [-0.05, 0) is 35.2 Å². The van der Waals surface area contributed by atoms with Crippen LogP contribution in [0.2, 0.25) is 0 Å². The SMILES string of the molecule is COc1cc2c(cc1OC)[C@@H](c1ccccc1)N(S(N)(=O)=O)CC2. The molecule has 0 saturated heterocycles. The first-order valence-electron chi connectivity index (χ1n) is 7.55. The van der Waals surface area contributed by atoms with E-state index in [2.05, 4.69) is 0 Å². The monoisotopic (exact) mass is 348 g/mol. The smallest absolute Gasteiger partial charge is 0.277 e. The molecule has 1 aliphatic heterocycles. The zero-order valence-electron chi connectivity index (χ0n) is 13.6. The quantitative estimate of drug-likeness (QED) is 0.914. The molecule has 0 fully saturated rings. The highest BCUT2D eigenvalue weighted by atomic mass is 32.2. The highest BCUT2D eigenvalue weighted by molar-refractivity contribution is 7.86. The van der Waals surface area contributed by atoms with Crippen LogP contribution in [0, 0.1) is 0 Å². The second kappa shape index (κ2) is 6.43. The van der Waals surface area contributed by atoms with E-state index in [4.69, 9.17) is 14.6 Å². The molecule has 2 N–H and O–H groups in total. The van der Waals surface area contributed by atoms with Crippen LogP contribution in [0.4, 0.5) is 0 Å². The van der Waals surface area contributed by atoms with Crippen molar-refractivity contribution in [2.75, 3.05) is 20.8 Å². The number of rotatable bonds is 4. The van der Waals surface area contributed by atoms with Gasteiger partial charge in [0, 0.05) is 6.54 Å². The van der Waals surface area contributed by atoms with Crippen LogP contribution in [0.3, 0.4) is 0 Å². The van der Waals surface area contributed by atoms with Crippen molar-refractivity contribution >= 4 is 10.2 Å². The maximum absolute atomic E-state index is 12.1. The predicted molar refractivity (Wildman–Crippen MR) is 91.3 cm³/mol. The minimum absolute atomic E-state index is 0.320. The first kappa shape index (κ1) is 16.8. The molecule has 0 aromatic heterocycles. The maximum Gasteiger partial charge on any atom is 0.277 e. The summed E-state index contributed by atoms with van der Waals surface area (Å²) in [5.74, 6) is 1.19. The molecule has 1 atom stereocenters. The van der Waals surface area contributed by atoms with Gasteiger partial charge in [-0.2, -0.15) is 12.7 Å².